The van der Waals surface area contributed by atoms with Crippen molar-refractivity contribution in [2.45, 2.75) is 38.6 Å². The SMILES string of the molecule is CC[C@H](NC(=O)CC(C)c1ccc(Br)cc1)C(=O)O. The van der Waals surface area contributed by atoms with Crippen LogP contribution in [0.4, 0.5) is 0 Å². The molecule has 0 radical (unpaired) electrons. The molecule has 19 heavy (non-hydrogen) atoms. The van der Waals surface area contributed by atoms with Gasteiger partial charge in [0.1, 0.15) is 6.04 Å². The monoisotopic (exact) mass is 327 g/mol. The molecule has 4 nitrogen and oxygen atoms in total. The summed E-state index contributed by atoms with van der Waals surface area (Å²) in [5.41, 5.74) is 1.06. The first-order valence-corrected chi connectivity index (χ1v) is 7.01. The molecule has 1 rings (SSSR count). The summed E-state index contributed by atoms with van der Waals surface area (Å²) in [4.78, 5) is 22.6. The van der Waals surface area contributed by atoms with Crippen molar-refractivity contribution in [3.8, 4) is 0 Å². The summed E-state index contributed by atoms with van der Waals surface area (Å²) >= 11 is 3.36. The molecule has 0 aliphatic heterocycles. The van der Waals surface area contributed by atoms with Crippen LogP contribution in [0.5, 0.6) is 0 Å². The average Bonchev–Trinajstić information content (AvgIpc) is 2.36. The predicted molar refractivity (Wildman–Crippen MR) is 77.0 cm³/mol. The molecule has 104 valence electrons. The molecule has 1 aromatic carbocycles. The second kappa shape index (κ2) is 7.28. The summed E-state index contributed by atoms with van der Waals surface area (Å²) in [6.07, 6.45) is 0.666. The topological polar surface area (TPSA) is 66.4 Å². The zero-order valence-electron chi connectivity index (χ0n) is 11.0. The first-order valence-electron chi connectivity index (χ1n) is 6.21. The van der Waals surface area contributed by atoms with Crippen LogP contribution in [0.2, 0.25) is 0 Å². The Morgan fingerprint density at radius 3 is 2.37 bits per heavy atom. The van der Waals surface area contributed by atoms with Gasteiger partial charge in [-0.1, -0.05) is 41.9 Å². The highest BCUT2D eigenvalue weighted by molar-refractivity contribution is 9.10. The third-order valence-electron chi connectivity index (χ3n) is 2.97. The first kappa shape index (κ1) is 15.7. The van der Waals surface area contributed by atoms with Crippen molar-refractivity contribution in [3.05, 3.63) is 34.3 Å². The molecule has 0 saturated carbocycles. The van der Waals surface area contributed by atoms with Gasteiger partial charge in [0.05, 0.1) is 0 Å². The van der Waals surface area contributed by atoms with E-state index in [1.54, 1.807) is 6.92 Å². The average molecular weight is 328 g/mol. The third kappa shape index (κ3) is 5.03. The number of rotatable bonds is 6. The number of halogens is 1. The number of carboxylic acid groups (broad SMARTS) is 1. The largest absolute Gasteiger partial charge is 0.480 e. The zero-order chi connectivity index (χ0) is 14.4. The van der Waals surface area contributed by atoms with Gasteiger partial charge in [-0.15, -0.1) is 0 Å². The van der Waals surface area contributed by atoms with Crippen molar-refractivity contribution in [2.75, 3.05) is 0 Å². The van der Waals surface area contributed by atoms with E-state index in [-0.39, 0.29) is 18.2 Å². The molecule has 0 aliphatic rings. The van der Waals surface area contributed by atoms with E-state index in [0.717, 1.165) is 10.0 Å². The zero-order valence-corrected chi connectivity index (χ0v) is 12.6. The standard InChI is InChI=1S/C14H18BrNO3/c1-3-12(14(18)19)16-13(17)8-9(2)10-4-6-11(15)7-5-10/h4-7,9,12H,3,8H2,1-2H3,(H,16,17)(H,18,19)/t9?,12-/m0/s1. The van der Waals surface area contributed by atoms with Crippen LogP contribution in [0.3, 0.4) is 0 Å². The maximum atomic E-state index is 11.8. The maximum absolute atomic E-state index is 11.8. The van der Waals surface area contributed by atoms with Crippen molar-refractivity contribution < 1.29 is 14.7 Å². The van der Waals surface area contributed by atoms with Gasteiger partial charge in [0.15, 0.2) is 0 Å². The molecule has 5 heteroatoms. The lowest BCUT2D eigenvalue weighted by Crippen LogP contribution is -2.40. The second-order valence-corrected chi connectivity index (χ2v) is 5.44. The Morgan fingerprint density at radius 1 is 1.32 bits per heavy atom. The molecule has 1 amide bonds. The summed E-state index contributed by atoms with van der Waals surface area (Å²) in [6.45, 7) is 3.68. The van der Waals surface area contributed by atoms with Crippen LogP contribution in [-0.4, -0.2) is 23.0 Å². The number of aliphatic carboxylic acids is 1. The summed E-state index contributed by atoms with van der Waals surface area (Å²) in [5.74, 6) is -1.17. The van der Waals surface area contributed by atoms with Crippen molar-refractivity contribution in [1.29, 1.82) is 0 Å². The highest BCUT2D eigenvalue weighted by Gasteiger charge is 2.19. The molecule has 1 aromatic rings. The minimum Gasteiger partial charge on any atom is -0.480 e. The van der Waals surface area contributed by atoms with Gasteiger partial charge in [0.2, 0.25) is 5.91 Å². The van der Waals surface area contributed by atoms with E-state index in [1.165, 1.54) is 0 Å². The van der Waals surface area contributed by atoms with E-state index in [1.807, 2.05) is 31.2 Å². The lowest BCUT2D eigenvalue weighted by Gasteiger charge is -2.15. The molecular formula is C14H18BrNO3. The van der Waals surface area contributed by atoms with Crippen molar-refractivity contribution in [2.24, 2.45) is 0 Å². The highest BCUT2D eigenvalue weighted by atomic mass is 79.9. The van der Waals surface area contributed by atoms with Gasteiger partial charge in [0.25, 0.3) is 0 Å². The van der Waals surface area contributed by atoms with Crippen molar-refractivity contribution >= 4 is 27.8 Å². The molecule has 0 aliphatic carbocycles. The summed E-state index contributed by atoms with van der Waals surface area (Å²) in [7, 11) is 0. The Kier molecular flexibility index (Phi) is 6.02. The van der Waals surface area contributed by atoms with Gasteiger partial charge >= 0.3 is 5.97 Å². The molecule has 0 spiro atoms. The summed E-state index contributed by atoms with van der Waals surface area (Å²) in [5, 5.41) is 11.4. The van der Waals surface area contributed by atoms with Gasteiger partial charge in [-0.3, -0.25) is 4.79 Å². The first-order chi connectivity index (χ1) is 8.93. The van der Waals surface area contributed by atoms with E-state index >= 15 is 0 Å². The van der Waals surface area contributed by atoms with Gasteiger partial charge in [-0.2, -0.15) is 0 Å². The number of carboxylic acids is 1. The fourth-order valence-electron chi connectivity index (χ4n) is 1.78. The number of hydrogen-bond donors (Lipinski definition) is 2. The molecule has 2 N–H and O–H groups in total. The smallest absolute Gasteiger partial charge is 0.326 e. The van der Waals surface area contributed by atoms with E-state index in [9.17, 15) is 9.59 Å². The fourth-order valence-corrected chi connectivity index (χ4v) is 2.04. The molecular weight excluding hydrogens is 310 g/mol. The molecule has 0 saturated heterocycles. The minimum absolute atomic E-state index is 0.0550. The van der Waals surface area contributed by atoms with Gasteiger partial charge in [0, 0.05) is 10.9 Å². The summed E-state index contributed by atoms with van der Waals surface area (Å²) in [6, 6.07) is 6.96. The molecule has 1 unspecified atom stereocenters. The van der Waals surface area contributed by atoms with Crippen LogP contribution in [-0.2, 0) is 9.59 Å². The van der Waals surface area contributed by atoms with Gasteiger partial charge < -0.3 is 10.4 Å². The van der Waals surface area contributed by atoms with E-state index < -0.39 is 12.0 Å². The van der Waals surface area contributed by atoms with Crippen molar-refractivity contribution in [1.82, 2.24) is 5.32 Å². The van der Waals surface area contributed by atoms with Crippen LogP contribution in [0.1, 0.15) is 38.2 Å². The van der Waals surface area contributed by atoms with Crippen molar-refractivity contribution in [3.63, 3.8) is 0 Å². The third-order valence-corrected chi connectivity index (χ3v) is 3.50. The van der Waals surface area contributed by atoms with E-state index in [2.05, 4.69) is 21.2 Å². The number of hydrogen-bond acceptors (Lipinski definition) is 2. The Morgan fingerprint density at radius 2 is 1.89 bits per heavy atom. The normalized spacial score (nSPS) is 13.6. The lowest BCUT2D eigenvalue weighted by molar-refractivity contribution is -0.141. The molecule has 0 heterocycles. The molecule has 2 atom stereocenters. The Balaban J connectivity index is 2.56. The van der Waals surface area contributed by atoms with Crippen LogP contribution in [0, 0.1) is 0 Å². The summed E-state index contributed by atoms with van der Waals surface area (Å²) < 4.78 is 0.991. The molecule has 0 bridgehead atoms. The van der Waals surface area contributed by atoms with Gasteiger partial charge in [-0.05, 0) is 30.0 Å². The number of amides is 1. The van der Waals surface area contributed by atoms with Crippen LogP contribution < -0.4 is 5.32 Å². The predicted octanol–water partition coefficient (Wildman–Crippen LogP) is 2.92. The number of nitrogens with one attached hydrogen (secondary N) is 1. The number of carbonyl (C=O) groups is 2. The highest BCUT2D eigenvalue weighted by Crippen LogP contribution is 2.21. The van der Waals surface area contributed by atoms with Crippen LogP contribution in [0.25, 0.3) is 0 Å². The number of benzene rings is 1. The fraction of sp³-hybridized carbons (Fsp3) is 0.429. The quantitative estimate of drug-likeness (QED) is 0.844. The maximum Gasteiger partial charge on any atom is 0.326 e. The van der Waals surface area contributed by atoms with Gasteiger partial charge in [-0.25, -0.2) is 4.79 Å². The minimum atomic E-state index is -0.993. The Labute approximate surface area is 121 Å². The Hall–Kier alpha value is -1.36. The molecule has 0 aromatic heterocycles. The second-order valence-electron chi connectivity index (χ2n) is 4.52. The Bertz CT molecular complexity index is 445. The van der Waals surface area contributed by atoms with Crippen LogP contribution >= 0.6 is 15.9 Å². The molecule has 0 fully saturated rings. The van der Waals surface area contributed by atoms with E-state index in [0.29, 0.717) is 6.42 Å². The lowest BCUT2D eigenvalue weighted by atomic mass is 9.97. The van der Waals surface area contributed by atoms with Crippen LogP contribution in [0.15, 0.2) is 28.7 Å². The number of carbonyl (C=O) groups excluding carboxylic acids is 1. The van der Waals surface area contributed by atoms with E-state index in [4.69, 9.17) is 5.11 Å².